The van der Waals surface area contributed by atoms with Crippen molar-refractivity contribution in [3.8, 4) is 0 Å². The Balaban J connectivity index is 2.46. The molecular formula is C10H8N2O4. The van der Waals surface area contributed by atoms with E-state index < -0.39 is 23.8 Å². The third kappa shape index (κ3) is 1.27. The van der Waals surface area contributed by atoms with Gasteiger partial charge in [0.25, 0.3) is 11.8 Å². The van der Waals surface area contributed by atoms with Crippen molar-refractivity contribution >= 4 is 17.8 Å². The smallest absolute Gasteiger partial charge is 0.326 e. The van der Waals surface area contributed by atoms with Gasteiger partial charge in [-0.05, 0) is 19.1 Å². The predicted molar refractivity (Wildman–Crippen MR) is 51.8 cm³/mol. The van der Waals surface area contributed by atoms with Crippen LogP contribution in [0, 0.1) is 0 Å². The summed E-state index contributed by atoms with van der Waals surface area (Å²) < 4.78 is 0. The summed E-state index contributed by atoms with van der Waals surface area (Å²) in [5.41, 5.74) is 0.168. The number of nitrogens with zero attached hydrogens (tertiary/aromatic N) is 2. The molecule has 2 rings (SSSR count). The summed E-state index contributed by atoms with van der Waals surface area (Å²) in [5, 5.41) is 8.79. The van der Waals surface area contributed by atoms with Gasteiger partial charge in [0.1, 0.15) is 11.7 Å². The largest absolute Gasteiger partial charge is 0.480 e. The molecule has 0 saturated heterocycles. The minimum Gasteiger partial charge on any atom is -0.480 e. The molecule has 6 nitrogen and oxygen atoms in total. The Morgan fingerprint density at radius 2 is 2.12 bits per heavy atom. The number of carbonyl (C=O) groups is 3. The van der Waals surface area contributed by atoms with Crippen molar-refractivity contribution in [2.24, 2.45) is 0 Å². The van der Waals surface area contributed by atoms with E-state index >= 15 is 0 Å². The number of aliphatic carboxylic acids is 1. The van der Waals surface area contributed by atoms with E-state index in [4.69, 9.17) is 5.11 Å². The highest BCUT2D eigenvalue weighted by atomic mass is 16.4. The molecule has 1 aromatic rings. The number of hydrogen-bond donors (Lipinski definition) is 1. The number of carbonyl (C=O) groups excluding carboxylic acids is 2. The van der Waals surface area contributed by atoms with E-state index in [0.717, 1.165) is 0 Å². The fourth-order valence-corrected chi connectivity index (χ4v) is 1.55. The van der Waals surface area contributed by atoms with Gasteiger partial charge in [0.2, 0.25) is 0 Å². The van der Waals surface area contributed by atoms with Gasteiger partial charge in [-0.1, -0.05) is 0 Å². The summed E-state index contributed by atoms with van der Waals surface area (Å²) in [6.07, 6.45) is 1.39. The summed E-state index contributed by atoms with van der Waals surface area (Å²) >= 11 is 0. The second-order valence-electron chi connectivity index (χ2n) is 3.39. The van der Waals surface area contributed by atoms with Crippen LogP contribution < -0.4 is 0 Å². The van der Waals surface area contributed by atoms with Crippen LogP contribution in [-0.2, 0) is 4.79 Å². The minimum atomic E-state index is -1.23. The maximum atomic E-state index is 11.8. The van der Waals surface area contributed by atoms with Gasteiger partial charge < -0.3 is 5.11 Å². The van der Waals surface area contributed by atoms with Crippen molar-refractivity contribution in [2.45, 2.75) is 13.0 Å². The van der Waals surface area contributed by atoms with E-state index in [1.165, 1.54) is 25.3 Å². The molecule has 0 saturated carbocycles. The third-order valence-electron chi connectivity index (χ3n) is 2.42. The number of imide groups is 1. The quantitative estimate of drug-likeness (QED) is 0.717. The standard InChI is InChI=1S/C10H8N2O4/c1-5(10(15)16)12-8(13)6-3-2-4-11-7(6)9(12)14/h2-5H,1H3,(H,15,16)/t5-/m0/s1. The molecular weight excluding hydrogens is 212 g/mol. The molecule has 6 heteroatoms. The van der Waals surface area contributed by atoms with Crippen LogP contribution in [0.15, 0.2) is 18.3 Å². The lowest BCUT2D eigenvalue weighted by molar-refractivity contribution is -0.140. The Labute approximate surface area is 90.5 Å². The van der Waals surface area contributed by atoms with E-state index in [-0.39, 0.29) is 11.3 Å². The SMILES string of the molecule is C[C@@H](C(=O)O)N1C(=O)c2cccnc2C1=O. The zero-order valence-corrected chi connectivity index (χ0v) is 8.38. The van der Waals surface area contributed by atoms with E-state index in [0.29, 0.717) is 4.90 Å². The lowest BCUT2D eigenvalue weighted by Gasteiger charge is -2.17. The van der Waals surface area contributed by atoms with Crippen molar-refractivity contribution in [3.05, 3.63) is 29.6 Å². The first kappa shape index (κ1) is 10.3. The van der Waals surface area contributed by atoms with E-state index in [9.17, 15) is 14.4 Å². The Kier molecular flexibility index (Phi) is 2.19. The van der Waals surface area contributed by atoms with Crippen molar-refractivity contribution in [1.82, 2.24) is 9.88 Å². The number of amides is 2. The van der Waals surface area contributed by atoms with Gasteiger partial charge >= 0.3 is 5.97 Å². The maximum absolute atomic E-state index is 11.8. The molecule has 0 radical (unpaired) electrons. The Bertz CT molecular complexity index is 462. The first-order valence-electron chi connectivity index (χ1n) is 4.59. The van der Waals surface area contributed by atoms with Crippen LogP contribution in [0.3, 0.4) is 0 Å². The summed E-state index contributed by atoms with van der Waals surface area (Å²) in [4.78, 5) is 38.7. The molecule has 16 heavy (non-hydrogen) atoms. The molecule has 0 aromatic carbocycles. The molecule has 2 amide bonds. The molecule has 1 atom stereocenters. The fourth-order valence-electron chi connectivity index (χ4n) is 1.55. The number of fused-ring (bicyclic) bond motifs is 1. The topological polar surface area (TPSA) is 87.6 Å². The van der Waals surface area contributed by atoms with E-state index in [1.807, 2.05) is 0 Å². The van der Waals surface area contributed by atoms with Crippen LogP contribution in [0.1, 0.15) is 27.8 Å². The first-order chi connectivity index (χ1) is 7.54. The molecule has 0 spiro atoms. The Morgan fingerprint density at radius 1 is 1.44 bits per heavy atom. The maximum Gasteiger partial charge on any atom is 0.326 e. The number of aromatic nitrogens is 1. The molecule has 1 aromatic heterocycles. The predicted octanol–water partition coefficient (Wildman–Crippen LogP) is 0.151. The zero-order chi connectivity index (χ0) is 11.9. The number of rotatable bonds is 2. The van der Waals surface area contributed by atoms with E-state index in [2.05, 4.69) is 4.98 Å². The Hall–Kier alpha value is -2.24. The Morgan fingerprint density at radius 3 is 2.69 bits per heavy atom. The second-order valence-corrected chi connectivity index (χ2v) is 3.39. The van der Waals surface area contributed by atoms with Crippen LogP contribution in [0.4, 0.5) is 0 Å². The molecule has 1 N–H and O–H groups in total. The van der Waals surface area contributed by atoms with Gasteiger partial charge in [-0.2, -0.15) is 0 Å². The van der Waals surface area contributed by atoms with Crippen LogP contribution in [0.25, 0.3) is 0 Å². The summed E-state index contributed by atoms with van der Waals surface area (Å²) in [7, 11) is 0. The van der Waals surface area contributed by atoms with Crippen LogP contribution in [0.2, 0.25) is 0 Å². The highest BCUT2D eigenvalue weighted by Crippen LogP contribution is 2.22. The highest BCUT2D eigenvalue weighted by molar-refractivity contribution is 6.21. The average molecular weight is 220 g/mol. The van der Waals surface area contributed by atoms with Gasteiger partial charge in [-0.15, -0.1) is 0 Å². The van der Waals surface area contributed by atoms with Crippen LogP contribution in [0.5, 0.6) is 0 Å². The van der Waals surface area contributed by atoms with E-state index in [1.54, 1.807) is 0 Å². The van der Waals surface area contributed by atoms with Crippen molar-refractivity contribution in [3.63, 3.8) is 0 Å². The fraction of sp³-hybridized carbons (Fsp3) is 0.200. The molecule has 2 heterocycles. The van der Waals surface area contributed by atoms with Crippen molar-refractivity contribution < 1.29 is 19.5 Å². The third-order valence-corrected chi connectivity index (χ3v) is 2.42. The summed E-state index contributed by atoms with van der Waals surface area (Å²) in [6, 6.07) is 1.80. The van der Waals surface area contributed by atoms with Gasteiger partial charge in [0.05, 0.1) is 5.56 Å². The van der Waals surface area contributed by atoms with Gasteiger partial charge in [-0.3, -0.25) is 19.5 Å². The molecule has 1 aliphatic heterocycles. The van der Waals surface area contributed by atoms with Gasteiger partial charge in [-0.25, -0.2) is 4.79 Å². The summed E-state index contributed by atoms with van der Waals surface area (Å²) in [5.74, 6) is -2.49. The zero-order valence-electron chi connectivity index (χ0n) is 8.38. The monoisotopic (exact) mass is 220 g/mol. The molecule has 0 aliphatic carbocycles. The molecule has 1 aliphatic rings. The summed E-state index contributed by atoms with van der Waals surface area (Å²) in [6.45, 7) is 1.28. The molecule has 0 unspecified atom stereocenters. The number of hydrogen-bond acceptors (Lipinski definition) is 4. The molecule has 82 valence electrons. The van der Waals surface area contributed by atoms with Crippen LogP contribution >= 0.6 is 0 Å². The number of carboxylic acids is 1. The lowest BCUT2D eigenvalue weighted by atomic mass is 10.2. The number of pyridine rings is 1. The van der Waals surface area contributed by atoms with Crippen LogP contribution in [-0.4, -0.2) is 38.8 Å². The molecule has 0 bridgehead atoms. The highest BCUT2D eigenvalue weighted by Gasteiger charge is 2.41. The van der Waals surface area contributed by atoms with Crippen molar-refractivity contribution in [1.29, 1.82) is 0 Å². The van der Waals surface area contributed by atoms with Crippen molar-refractivity contribution in [2.75, 3.05) is 0 Å². The van der Waals surface area contributed by atoms with Gasteiger partial charge in [0, 0.05) is 6.20 Å². The minimum absolute atomic E-state index is 0.0144. The average Bonchev–Trinajstić information content (AvgIpc) is 2.52. The normalized spacial score (nSPS) is 16.2. The lowest BCUT2D eigenvalue weighted by Crippen LogP contribution is -2.42. The first-order valence-corrected chi connectivity index (χ1v) is 4.59. The molecule has 0 fully saturated rings. The second kappa shape index (κ2) is 3.41. The number of carboxylic acid groups (broad SMARTS) is 1. The van der Waals surface area contributed by atoms with Gasteiger partial charge in [0.15, 0.2) is 0 Å².